The van der Waals surface area contributed by atoms with Gasteiger partial charge in [0.15, 0.2) is 0 Å². The number of aryl methyl sites for hydroxylation is 1. The first kappa shape index (κ1) is 16.5. The smallest absolute Gasteiger partial charge is 0.335 e. The van der Waals surface area contributed by atoms with E-state index in [2.05, 4.69) is 12.2 Å². The van der Waals surface area contributed by atoms with E-state index in [0.29, 0.717) is 17.2 Å². The Morgan fingerprint density at radius 2 is 2.05 bits per heavy atom. The molecule has 0 spiro atoms. The summed E-state index contributed by atoms with van der Waals surface area (Å²) in [6, 6.07) is 4.75. The molecule has 2 rings (SSSR count). The van der Waals surface area contributed by atoms with Gasteiger partial charge in [0.25, 0.3) is 0 Å². The third-order valence-electron chi connectivity index (χ3n) is 4.20. The minimum absolute atomic E-state index is 0.0364. The number of hydrogen-bond acceptors (Lipinski definition) is 3. The topological polar surface area (TPSA) is 75.6 Å². The second-order valence-electron chi connectivity index (χ2n) is 5.99. The average Bonchev–Trinajstić information content (AvgIpc) is 2.46. The van der Waals surface area contributed by atoms with Crippen LogP contribution in [-0.2, 0) is 9.53 Å². The van der Waals surface area contributed by atoms with E-state index >= 15 is 0 Å². The predicted molar refractivity (Wildman–Crippen MR) is 84.1 cm³/mol. The maximum Gasteiger partial charge on any atom is 0.335 e. The van der Waals surface area contributed by atoms with Crippen molar-refractivity contribution in [2.24, 2.45) is 5.92 Å². The van der Waals surface area contributed by atoms with Crippen LogP contribution in [0.3, 0.4) is 0 Å². The van der Waals surface area contributed by atoms with Crippen molar-refractivity contribution in [3.05, 3.63) is 29.3 Å². The van der Waals surface area contributed by atoms with E-state index in [0.717, 1.165) is 19.3 Å². The molecule has 1 aromatic rings. The SMILES string of the molecule is Cc1cc(NC(=O)COC2CCCCC2C)ccc1C(=O)O. The molecule has 2 atom stereocenters. The summed E-state index contributed by atoms with van der Waals surface area (Å²) in [7, 11) is 0. The summed E-state index contributed by atoms with van der Waals surface area (Å²) in [4.78, 5) is 22.9. The fourth-order valence-electron chi connectivity index (χ4n) is 2.89. The molecule has 22 heavy (non-hydrogen) atoms. The van der Waals surface area contributed by atoms with Gasteiger partial charge in [0.2, 0.25) is 5.91 Å². The average molecular weight is 305 g/mol. The molecule has 1 amide bonds. The van der Waals surface area contributed by atoms with Gasteiger partial charge in [-0.1, -0.05) is 19.8 Å². The van der Waals surface area contributed by atoms with E-state index in [1.54, 1.807) is 19.1 Å². The van der Waals surface area contributed by atoms with Crippen LogP contribution in [0.2, 0.25) is 0 Å². The summed E-state index contributed by atoms with van der Waals surface area (Å²) in [6.07, 6.45) is 4.73. The first-order valence-corrected chi connectivity index (χ1v) is 7.72. The van der Waals surface area contributed by atoms with Gasteiger partial charge in [-0.15, -0.1) is 0 Å². The van der Waals surface area contributed by atoms with Gasteiger partial charge >= 0.3 is 5.97 Å². The molecule has 1 fully saturated rings. The second kappa shape index (κ2) is 7.40. The summed E-state index contributed by atoms with van der Waals surface area (Å²) < 4.78 is 5.72. The summed E-state index contributed by atoms with van der Waals surface area (Å²) in [5.41, 5.74) is 1.45. The first-order valence-electron chi connectivity index (χ1n) is 7.72. The van der Waals surface area contributed by atoms with E-state index in [1.165, 1.54) is 12.5 Å². The molecular formula is C17H23NO4. The van der Waals surface area contributed by atoms with Gasteiger partial charge in [0.1, 0.15) is 6.61 Å². The number of ether oxygens (including phenoxy) is 1. The van der Waals surface area contributed by atoms with Gasteiger partial charge < -0.3 is 15.2 Å². The number of carboxylic acids is 1. The van der Waals surface area contributed by atoms with Gasteiger partial charge in [-0.2, -0.15) is 0 Å². The highest BCUT2D eigenvalue weighted by Crippen LogP contribution is 2.26. The Morgan fingerprint density at radius 3 is 2.68 bits per heavy atom. The quantitative estimate of drug-likeness (QED) is 0.875. The van der Waals surface area contributed by atoms with Crippen LogP contribution in [0.15, 0.2) is 18.2 Å². The zero-order chi connectivity index (χ0) is 16.1. The number of amides is 1. The largest absolute Gasteiger partial charge is 0.478 e. The molecule has 0 aliphatic heterocycles. The summed E-state index contributed by atoms with van der Waals surface area (Å²) in [5.74, 6) is -0.677. The van der Waals surface area contributed by atoms with E-state index in [-0.39, 0.29) is 24.2 Å². The lowest BCUT2D eigenvalue weighted by molar-refractivity contribution is -0.124. The second-order valence-corrected chi connectivity index (χ2v) is 5.99. The Kier molecular flexibility index (Phi) is 5.55. The molecule has 2 unspecified atom stereocenters. The first-order chi connectivity index (χ1) is 10.5. The number of carbonyl (C=O) groups is 2. The molecule has 5 heteroatoms. The van der Waals surface area contributed by atoms with Crippen LogP contribution in [0.4, 0.5) is 5.69 Å². The van der Waals surface area contributed by atoms with Crippen LogP contribution in [0.25, 0.3) is 0 Å². The van der Waals surface area contributed by atoms with E-state index in [1.807, 2.05) is 0 Å². The molecule has 0 saturated heterocycles. The monoisotopic (exact) mass is 305 g/mol. The highest BCUT2D eigenvalue weighted by molar-refractivity contribution is 5.94. The van der Waals surface area contributed by atoms with Crippen molar-refractivity contribution in [2.45, 2.75) is 45.6 Å². The third kappa shape index (κ3) is 4.31. The van der Waals surface area contributed by atoms with Gasteiger partial charge in [-0.25, -0.2) is 4.79 Å². The molecule has 0 radical (unpaired) electrons. The molecule has 0 aromatic heterocycles. The number of rotatable bonds is 5. The standard InChI is InChI=1S/C17H23NO4/c1-11-5-3-4-6-15(11)22-10-16(19)18-13-7-8-14(17(20)21)12(2)9-13/h7-9,11,15H,3-6,10H2,1-2H3,(H,18,19)(H,20,21). The lowest BCUT2D eigenvalue weighted by Crippen LogP contribution is -2.29. The number of carbonyl (C=O) groups excluding carboxylic acids is 1. The zero-order valence-electron chi connectivity index (χ0n) is 13.1. The Morgan fingerprint density at radius 1 is 1.32 bits per heavy atom. The molecule has 0 bridgehead atoms. The highest BCUT2D eigenvalue weighted by Gasteiger charge is 2.22. The number of nitrogens with one attached hydrogen (secondary N) is 1. The van der Waals surface area contributed by atoms with Crippen LogP contribution in [0, 0.1) is 12.8 Å². The lowest BCUT2D eigenvalue weighted by atomic mass is 9.88. The van der Waals surface area contributed by atoms with E-state index in [9.17, 15) is 9.59 Å². The summed E-state index contributed by atoms with van der Waals surface area (Å²) in [6.45, 7) is 3.91. The number of hydrogen-bond donors (Lipinski definition) is 2. The van der Waals surface area contributed by atoms with Gasteiger partial charge in [-0.3, -0.25) is 4.79 Å². The normalized spacial score (nSPS) is 21.4. The van der Waals surface area contributed by atoms with Crippen molar-refractivity contribution in [3.8, 4) is 0 Å². The van der Waals surface area contributed by atoms with Crippen molar-refractivity contribution in [3.63, 3.8) is 0 Å². The molecule has 5 nitrogen and oxygen atoms in total. The molecule has 120 valence electrons. The molecule has 1 saturated carbocycles. The maximum atomic E-state index is 11.9. The molecule has 2 N–H and O–H groups in total. The maximum absolute atomic E-state index is 11.9. The van der Waals surface area contributed by atoms with Crippen molar-refractivity contribution in [1.29, 1.82) is 0 Å². The molecule has 1 aliphatic carbocycles. The molecule has 1 aromatic carbocycles. The minimum Gasteiger partial charge on any atom is -0.478 e. The number of aromatic carboxylic acids is 1. The minimum atomic E-state index is -0.968. The zero-order valence-corrected chi connectivity index (χ0v) is 13.1. The summed E-state index contributed by atoms with van der Waals surface area (Å²) >= 11 is 0. The Hall–Kier alpha value is -1.88. The molecular weight excluding hydrogens is 282 g/mol. The summed E-state index contributed by atoms with van der Waals surface area (Å²) in [5, 5.41) is 11.7. The van der Waals surface area contributed by atoms with Crippen LogP contribution in [0.1, 0.15) is 48.5 Å². The van der Waals surface area contributed by atoms with E-state index in [4.69, 9.17) is 9.84 Å². The van der Waals surface area contributed by atoms with Crippen molar-refractivity contribution in [2.75, 3.05) is 11.9 Å². The Bertz CT molecular complexity index is 556. The molecule has 0 heterocycles. The van der Waals surface area contributed by atoms with Crippen molar-refractivity contribution >= 4 is 17.6 Å². The third-order valence-corrected chi connectivity index (χ3v) is 4.20. The molecule has 1 aliphatic rings. The van der Waals surface area contributed by atoms with Crippen LogP contribution >= 0.6 is 0 Å². The van der Waals surface area contributed by atoms with Crippen LogP contribution < -0.4 is 5.32 Å². The van der Waals surface area contributed by atoms with E-state index < -0.39 is 5.97 Å². The van der Waals surface area contributed by atoms with Crippen LogP contribution in [-0.4, -0.2) is 29.7 Å². The van der Waals surface area contributed by atoms with Crippen LogP contribution in [0.5, 0.6) is 0 Å². The number of anilines is 1. The Balaban J connectivity index is 1.86. The van der Waals surface area contributed by atoms with Gasteiger partial charge in [0, 0.05) is 5.69 Å². The Labute approximate surface area is 130 Å². The van der Waals surface area contributed by atoms with Crippen molar-refractivity contribution in [1.82, 2.24) is 0 Å². The van der Waals surface area contributed by atoms with Crippen molar-refractivity contribution < 1.29 is 19.4 Å². The fraction of sp³-hybridized carbons (Fsp3) is 0.529. The lowest BCUT2D eigenvalue weighted by Gasteiger charge is -2.28. The fourth-order valence-corrected chi connectivity index (χ4v) is 2.89. The highest BCUT2D eigenvalue weighted by atomic mass is 16.5. The number of benzene rings is 1. The number of carboxylic acid groups (broad SMARTS) is 1. The van der Waals surface area contributed by atoms with Gasteiger partial charge in [0.05, 0.1) is 11.7 Å². The van der Waals surface area contributed by atoms with Gasteiger partial charge in [-0.05, 0) is 49.4 Å². The predicted octanol–water partition coefficient (Wildman–Crippen LogP) is 3.23.